The summed E-state index contributed by atoms with van der Waals surface area (Å²) in [4.78, 5) is 11.4. The molecule has 0 spiro atoms. The fraction of sp³-hybridized carbons (Fsp3) is 0.219. The molecule has 0 aliphatic carbocycles. The zero-order valence-corrected chi connectivity index (χ0v) is 47.0. The van der Waals surface area contributed by atoms with E-state index < -0.39 is 0 Å². The molecule has 5 heteroatoms. The molecular weight excluding hydrogens is 1180 g/mol. The van der Waals surface area contributed by atoms with E-state index in [1.165, 1.54) is 88.2 Å². The molecule has 0 aliphatic heterocycles. The highest BCUT2D eigenvalue weighted by Crippen LogP contribution is 2.46. The molecule has 69 heavy (non-hydrogen) atoms. The van der Waals surface area contributed by atoms with Crippen LogP contribution < -0.4 is 0 Å². The predicted molar refractivity (Wildman–Crippen MR) is 325 cm³/mol. The maximum absolute atomic E-state index is 5.69. The van der Waals surface area contributed by atoms with E-state index in [1.54, 1.807) is 0 Å². The minimum Gasteiger partial charge on any atom is -0.251 e. The van der Waals surface area contributed by atoms with Crippen molar-refractivity contribution in [2.75, 3.05) is 0 Å². The number of aliphatic imine (C=N–C) groups is 2. The molecule has 0 N–H and O–H groups in total. The van der Waals surface area contributed by atoms with Gasteiger partial charge in [-0.2, -0.15) is 0 Å². The van der Waals surface area contributed by atoms with Crippen LogP contribution in [0.5, 0.6) is 0 Å². The summed E-state index contributed by atoms with van der Waals surface area (Å²) in [5, 5.41) is 0. The van der Waals surface area contributed by atoms with E-state index in [0.29, 0.717) is 0 Å². The molecule has 0 aromatic heterocycles. The fourth-order valence-corrected chi connectivity index (χ4v) is 9.91. The third kappa shape index (κ3) is 13.0. The zero-order valence-electron chi connectivity index (χ0n) is 40.6. The van der Waals surface area contributed by atoms with E-state index in [-0.39, 0.29) is 0 Å². The predicted octanol–water partition coefficient (Wildman–Crippen LogP) is 20.4. The van der Waals surface area contributed by atoms with Crippen LogP contribution in [0, 0.1) is 10.7 Å². The largest absolute Gasteiger partial charge is 0.251 e. The Hall–Kier alpha value is -4.71. The first kappa shape index (κ1) is 50.7. The topological polar surface area (TPSA) is 24.7 Å². The van der Waals surface area contributed by atoms with Gasteiger partial charge in [0.25, 0.3) is 0 Å². The molecule has 8 rings (SSSR count). The average Bonchev–Trinajstić information content (AvgIpc) is 3.38. The molecule has 0 amide bonds. The van der Waals surface area contributed by atoms with Gasteiger partial charge in [-0.05, 0) is 242 Å². The summed E-state index contributed by atoms with van der Waals surface area (Å²) < 4.78 is 3.59. The van der Waals surface area contributed by atoms with Crippen LogP contribution in [0.3, 0.4) is 0 Å². The van der Waals surface area contributed by atoms with Crippen molar-refractivity contribution in [2.45, 2.75) is 92.4 Å². The van der Waals surface area contributed by atoms with Gasteiger partial charge in [-0.3, -0.25) is 9.98 Å². The van der Waals surface area contributed by atoms with Gasteiger partial charge in [0, 0.05) is 33.0 Å². The Balaban J connectivity index is 1.33. The molecule has 0 radical (unpaired) electrons. The Labute approximate surface area is 452 Å². The number of aryl methyl sites for hydroxylation is 3. The minimum absolute atomic E-state index is 0.864. The Kier molecular flexibility index (Phi) is 17.9. The molecule has 0 fully saturated rings. The summed E-state index contributed by atoms with van der Waals surface area (Å²) in [6, 6.07) is 63.5. The molecule has 0 bridgehead atoms. The summed E-state index contributed by atoms with van der Waals surface area (Å²) in [5.41, 5.74) is 21.4. The van der Waals surface area contributed by atoms with Gasteiger partial charge in [-0.15, -0.1) is 0 Å². The molecule has 0 unspecified atom stereocenters. The van der Waals surface area contributed by atoms with E-state index >= 15 is 0 Å². The average molecular weight is 1240 g/mol. The van der Waals surface area contributed by atoms with Crippen molar-refractivity contribution in [1.82, 2.24) is 0 Å². The molecule has 2 nitrogen and oxygen atoms in total. The number of rotatable bonds is 18. The van der Waals surface area contributed by atoms with Crippen LogP contribution in [0.25, 0.3) is 66.8 Å². The van der Waals surface area contributed by atoms with Crippen molar-refractivity contribution < 1.29 is 0 Å². The number of nitrogens with zero attached hydrogens (tertiary/aromatic N) is 2. The normalized spacial score (nSPS) is 11.9. The van der Waals surface area contributed by atoms with Crippen molar-refractivity contribution in [1.29, 1.82) is 0 Å². The van der Waals surface area contributed by atoms with Crippen molar-refractivity contribution >= 4 is 90.6 Å². The Bertz CT molecular complexity index is 2970. The molecular formula is C64H61I3N2. The van der Waals surface area contributed by atoms with Gasteiger partial charge in [-0.25, -0.2) is 0 Å². The van der Waals surface area contributed by atoms with Crippen molar-refractivity contribution in [3.8, 4) is 66.8 Å². The van der Waals surface area contributed by atoms with Gasteiger partial charge in [0.1, 0.15) is 0 Å². The van der Waals surface area contributed by atoms with Crippen LogP contribution in [0.15, 0.2) is 180 Å². The molecule has 0 aliphatic rings. The Morgan fingerprint density at radius 2 is 0.551 bits per heavy atom. The molecule has 0 saturated heterocycles. The maximum Gasteiger partial charge on any atom is 0.0790 e. The van der Waals surface area contributed by atoms with E-state index in [1.807, 2.05) is 0 Å². The highest BCUT2D eigenvalue weighted by molar-refractivity contribution is 14.1. The number of halogens is 3. The van der Waals surface area contributed by atoms with Crippen molar-refractivity contribution in [3.05, 3.63) is 197 Å². The van der Waals surface area contributed by atoms with Crippen LogP contribution in [-0.4, -0.2) is 11.4 Å². The molecule has 8 aromatic rings. The minimum atomic E-state index is 0.864. The second-order valence-corrected chi connectivity index (χ2v) is 21.9. The van der Waals surface area contributed by atoms with Gasteiger partial charge in [0.2, 0.25) is 0 Å². The molecule has 0 heterocycles. The second kappa shape index (κ2) is 24.4. The van der Waals surface area contributed by atoms with E-state index in [2.05, 4.69) is 272 Å². The van der Waals surface area contributed by atoms with Crippen LogP contribution in [0.4, 0.5) is 11.4 Å². The van der Waals surface area contributed by atoms with Gasteiger partial charge in [0.05, 0.1) is 22.8 Å². The van der Waals surface area contributed by atoms with E-state index in [0.717, 1.165) is 86.6 Å². The lowest BCUT2D eigenvalue weighted by Gasteiger charge is -2.18. The van der Waals surface area contributed by atoms with Crippen LogP contribution >= 0.6 is 67.8 Å². The third-order valence-electron chi connectivity index (χ3n) is 13.1. The van der Waals surface area contributed by atoms with Crippen LogP contribution in [0.2, 0.25) is 0 Å². The van der Waals surface area contributed by atoms with Gasteiger partial charge < -0.3 is 0 Å². The molecule has 348 valence electrons. The van der Waals surface area contributed by atoms with Gasteiger partial charge in [-0.1, -0.05) is 149 Å². The first-order valence-corrected chi connectivity index (χ1v) is 27.9. The Morgan fingerprint density at radius 1 is 0.319 bits per heavy atom. The SMILES string of the molecule is CCCCc1ccc(-c2cc(-c3ccc(I)cc3)c(N=C(C)C(C)=Nc3c(-c4ccc(I)cc4)cc(-c4ccc(CCCC)cc4)cc3-c3ccc(CCCC)cc3)c(-c3ccc(I)cc3)c2)cc1. The number of hydrogen-bond acceptors (Lipinski definition) is 2. The van der Waals surface area contributed by atoms with E-state index in [4.69, 9.17) is 9.98 Å². The van der Waals surface area contributed by atoms with Gasteiger partial charge in [0.15, 0.2) is 0 Å². The van der Waals surface area contributed by atoms with Crippen LogP contribution in [0.1, 0.15) is 89.8 Å². The smallest absolute Gasteiger partial charge is 0.0790 e. The summed E-state index contributed by atoms with van der Waals surface area (Å²) in [7, 11) is 0. The standard InChI is InChI=1S/C64H61I3N2/c1-6-9-12-45-15-21-48(22-16-45)54-39-59(50-25-19-47(20-26-50)14-11-8-3)63(60(40-54)51-27-33-56(65)34-28-51)68-43(4)44(5)69-64-61(52-29-35-57(66)36-30-52)41-55(42-62(64)53-31-37-58(67)38-32-53)49-23-17-46(18-24-49)13-10-7-2/h15-42H,6-14H2,1-5H3. The summed E-state index contributed by atoms with van der Waals surface area (Å²) >= 11 is 7.20. The number of unbranched alkanes of at least 4 members (excludes halogenated alkanes) is 3. The first-order valence-electron chi connectivity index (χ1n) is 24.6. The second-order valence-electron chi connectivity index (χ2n) is 18.2. The van der Waals surface area contributed by atoms with Crippen molar-refractivity contribution in [2.24, 2.45) is 9.98 Å². The first-order chi connectivity index (χ1) is 33.6. The summed E-state index contributed by atoms with van der Waals surface area (Å²) in [5.74, 6) is 0. The molecule has 8 aromatic carbocycles. The molecule has 0 atom stereocenters. The lowest BCUT2D eigenvalue weighted by atomic mass is 9.90. The summed E-state index contributed by atoms with van der Waals surface area (Å²) in [6.07, 6.45) is 10.4. The highest BCUT2D eigenvalue weighted by atomic mass is 127. The van der Waals surface area contributed by atoms with Crippen molar-refractivity contribution in [3.63, 3.8) is 0 Å². The van der Waals surface area contributed by atoms with Crippen LogP contribution in [-0.2, 0) is 19.3 Å². The monoisotopic (exact) mass is 1240 g/mol. The fourth-order valence-electron chi connectivity index (χ4n) is 8.83. The summed E-state index contributed by atoms with van der Waals surface area (Å²) in [6.45, 7) is 11.0. The lowest BCUT2D eigenvalue weighted by molar-refractivity contribution is 0.795. The Morgan fingerprint density at radius 3 is 0.797 bits per heavy atom. The lowest BCUT2D eigenvalue weighted by Crippen LogP contribution is -2.06. The number of hydrogen-bond donors (Lipinski definition) is 0. The van der Waals surface area contributed by atoms with Gasteiger partial charge >= 0.3 is 0 Å². The van der Waals surface area contributed by atoms with E-state index in [9.17, 15) is 0 Å². The highest BCUT2D eigenvalue weighted by Gasteiger charge is 2.20. The maximum atomic E-state index is 5.69. The third-order valence-corrected chi connectivity index (χ3v) is 15.2. The molecule has 0 saturated carbocycles. The number of benzene rings is 8. The zero-order chi connectivity index (χ0) is 48.3. The quantitative estimate of drug-likeness (QED) is 0.0604.